The molecule has 0 aromatic carbocycles. The topological polar surface area (TPSA) is 90.5 Å². The van der Waals surface area contributed by atoms with E-state index in [1.165, 1.54) is 0 Å². The van der Waals surface area contributed by atoms with Gasteiger partial charge in [0.2, 0.25) is 11.8 Å². The maximum Gasteiger partial charge on any atom is 0.239 e. The quantitative estimate of drug-likeness (QED) is 0.539. The molecule has 3 aliphatic rings. The Kier molecular flexibility index (Phi) is 6.95. The van der Waals surface area contributed by atoms with Crippen LogP contribution in [0, 0.1) is 0 Å². The lowest BCUT2D eigenvalue weighted by molar-refractivity contribution is -0.139. The lowest BCUT2D eigenvalue weighted by Crippen LogP contribution is -2.57. The minimum absolute atomic E-state index is 0.0461. The summed E-state index contributed by atoms with van der Waals surface area (Å²) in [5, 5.41) is 0. The van der Waals surface area contributed by atoms with Gasteiger partial charge < -0.3 is 14.5 Å². The van der Waals surface area contributed by atoms with Crippen molar-refractivity contribution >= 4 is 21.7 Å². The summed E-state index contributed by atoms with van der Waals surface area (Å²) < 4.78 is 28.7. The van der Waals surface area contributed by atoms with Crippen LogP contribution in [0.2, 0.25) is 0 Å². The Bertz CT molecular complexity index is 671. The molecule has 0 bridgehead atoms. The van der Waals surface area contributed by atoms with Crippen molar-refractivity contribution in [2.75, 3.05) is 77.6 Å². The third kappa shape index (κ3) is 5.22. The summed E-state index contributed by atoms with van der Waals surface area (Å²) >= 11 is 0. The first-order chi connectivity index (χ1) is 13.3. The molecule has 3 saturated heterocycles. The van der Waals surface area contributed by atoms with Crippen LogP contribution in [-0.2, 0) is 24.2 Å². The van der Waals surface area contributed by atoms with Crippen molar-refractivity contribution in [3.05, 3.63) is 0 Å². The van der Waals surface area contributed by atoms with Crippen molar-refractivity contribution < 1.29 is 22.7 Å². The van der Waals surface area contributed by atoms with Gasteiger partial charge in [-0.15, -0.1) is 0 Å². The molecule has 3 aliphatic heterocycles. The first-order valence-electron chi connectivity index (χ1n) is 10.1. The molecule has 0 aromatic rings. The minimum atomic E-state index is -3.02. The molecule has 2 unspecified atom stereocenters. The molecule has 0 spiro atoms. The SMILES string of the molecule is CC(C(=O)N(C)C1CCS(=O)(=O)C1)N1CCN(C(=O)CN2CCOCC2)CC1. The molecule has 3 heterocycles. The fraction of sp³-hybridized carbons (Fsp3) is 0.889. The molecule has 2 atom stereocenters. The minimum Gasteiger partial charge on any atom is -0.379 e. The predicted molar refractivity (Wildman–Crippen MR) is 105 cm³/mol. The lowest BCUT2D eigenvalue weighted by atomic mass is 10.1. The van der Waals surface area contributed by atoms with Crippen LogP contribution in [0.15, 0.2) is 0 Å². The molecule has 0 radical (unpaired) electrons. The van der Waals surface area contributed by atoms with Crippen molar-refractivity contribution in [3.63, 3.8) is 0 Å². The Morgan fingerprint density at radius 2 is 1.75 bits per heavy atom. The highest BCUT2D eigenvalue weighted by molar-refractivity contribution is 7.91. The Morgan fingerprint density at radius 1 is 1.11 bits per heavy atom. The summed E-state index contributed by atoms with van der Waals surface area (Å²) in [6.45, 7) is 7.76. The van der Waals surface area contributed by atoms with Gasteiger partial charge in [0.05, 0.1) is 37.3 Å². The summed E-state index contributed by atoms with van der Waals surface area (Å²) in [4.78, 5) is 33.0. The Hall–Kier alpha value is -1.23. The number of carbonyl (C=O) groups excluding carboxylic acids is 2. The number of nitrogens with zero attached hydrogens (tertiary/aromatic N) is 4. The van der Waals surface area contributed by atoms with Crippen LogP contribution < -0.4 is 0 Å². The average molecular weight is 417 g/mol. The van der Waals surface area contributed by atoms with Gasteiger partial charge in [0.1, 0.15) is 0 Å². The number of likely N-dealkylation sites (N-methyl/N-ethyl adjacent to an activating group) is 1. The monoisotopic (exact) mass is 416 g/mol. The second-order valence-corrected chi connectivity index (χ2v) is 10.2. The number of amides is 2. The van der Waals surface area contributed by atoms with Crippen LogP contribution in [-0.4, -0.2) is 129 Å². The number of piperazine rings is 1. The zero-order valence-corrected chi connectivity index (χ0v) is 17.7. The first-order valence-corrected chi connectivity index (χ1v) is 11.9. The zero-order chi connectivity index (χ0) is 20.3. The molecular formula is C18H32N4O5S. The fourth-order valence-corrected chi connectivity index (χ4v) is 5.90. The number of ether oxygens (including phenoxy) is 1. The Balaban J connectivity index is 1.45. The molecule has 0 saturated carbocycles. The van der Waals surface area contributed by atoms with Crippen molar-refractivity contribution in [1.29, 1.82) is 0 Å². The predicted octanol–water partition coefficient (Wildman–Crippen LogP) is -1.50. The third-order valence-corrected chi connectivity index (χ3v) is 7.89. The van der Waals surface area contributed by atoms with Crippen LogP contribution in [0.25, 0.3) is 0 Å². The third-order valence-electron chi connectivity index (χ3n) is 6.14. The van der Waals surface area contributed by atoms with Crippen LogP contribution in [0.5, 0.6) is 0 Å². The van der Waals surface area contributed by atoms with E-state index in [2.05, 4.69) is 9.80 Å². The van der Waals surface area contributed by atoms with E-state index in [-0.39, 0.29) is 35.4 Å². The van der Waals surface area contributed by atoms with E-state index in [0.29, 0.717) is 52.4 Å². The second kappa shape index (κ2) is 9.06. The summed E-state index contributed by atoms with van der Waals surface area (Å²) in [5.74, 6) is 0.309. The number of carbonyl (C=O) groups is 2. The van der Waals surface area contributed by atoms with Gasteiger partial charge in [-0.05, 0) is 13.3 Å². The van der Waals surface area contributed by atoms with E-state index < -0.39 is 9.84 Å². The molecule has 0 aliphatic carbocycles. The average Bonchev–Trinajstić information content (AvgIpc) is 3.07. The van der Waals surface area contributed by atoms with Crippen molar-refractivity contribution in [1.82, 2.24) is 19.6 Å². The molecule has 9 nitrogen and oxygen atoms in total. The van der Waals surface area contributed by atoms with Crippen molar-refractivity contribution in [2.24, 2.45) is 0 Å². The van der Waals surface area contributed by atoms with Gasteiger partial charge in [-0.3, -0.25) is 19.4 Å². The molecular weight excluding hydrogens is 384 g/mol. The number of rotatable bonds is 5. The van der Waals surface area contributed by atoms with Crippen molar-refractivity contribution in [2.45, 2.75) is 25.4 Å². The van der Waals surface area contributed by atoms with Gasteiger partial charge in [0, 0.05) is 52.4 Å². The standard InChI is InChI=1S/C18H32N4O5S/c1-15(18(24)19(2)16-3-12-28(25,26)14-16)21-4-6-22(7-5-21)17(23)13-20-8-10-27-11-9-20/h15-16H,3-14H2,1-2H3. The zero-order valence-electron chi connectivity index (χ0n) is 16.9. The Labute approximate surface area is 167 Å². The van der Waals surface area contributed by atoms with E-state index in [0.717, 1.165) is 13.1 Å². The molecule has 28 heavy (non-hydrogen) atoms. The van der Waals surface area contributed by atoms with Gasteiger partial charge in [-0.2, -0.15) is 0 Å². The Morgan fingerprint density at radius 3 is 2.32 bits per heavy atom. The maximum atomic E-state index is 12.8. The van der Waals surface area contributed by atoms with Gasteiger partial charge in [0.15, 0.2) is 9.84 Å². The van der Waals surface area contributed by atoms with E-state index in [1.54, 1.807) is 11.9 Å². The molecule has 2 amide bonds. The largest absolute Gasteiger partial charge is 0.379 e. The van der Waals surface area contributed by atoms with Gasteiger partial charge in [-0.1, -0.05) is 0 Å². The van der Waals surface area contributed by atoms with Crippen LogP contribution in [0.1, 0.15) is 13.3 Å². The van der Waals surface area contributed by atoms with Gasteiger partial charge in [-0.25, -0.2) is 8.42 Å². The van der Waals surface area contributed by atoms with E-state index in [9.17, 15) is 18.0 Å². The number of sulfone groups is 1. The molecule has 3 fully saturated rings. The number of morpholine rings is 1. The highest BCUT2D eigenvalue weighted by atomic mass is 32.2. The van der Waals surface area contributed by atoms with E-state index >= 15 is 0 Å². The van der Waals surface area contributed by atoms with Gasteiger partial charge in [0.25, 0.3) is 0 Å². The maximum absolute atomic E-state index is 12.8. The lowest BCUT2D eigenvalue weighted by Gasteiger charge is -2.39. The summed E-state index contributed by atoms with van der Waals surface area (Å²) in [5.41, 5.74) is 0. The highest BCUT2D eigenvalue weighted by Crippen LogP contribution is 2.18. The molecule has 3 rings (SSSR count). The normalized spacial score (nSPS) is 27.5. The molecule has 0 aromatic heterocycles. The second-order valence-electron chi connectivity index (χ2n) is 7.99. The number of hydrogen-bond donors (Lipinski definition) is 0. The van der Waals surface area contributed by atoms with E-state index in [1.807, 2.05) is 11.8 Å². The smallest absolute Gasteiger partial charge is 0.239 e. The number of hydrogen-bond acceptors (Lipinski definition) is 7. The van der Waals surface area contributed by atoms with Gasteiger partial charge >= 0.3 is 0 Å². The highest BCUT2D eigenvalue weighted by Gasteiger charge is 2.36. The fourth-order valence-electron chi connectivity index (χ4n) is 4.12. The summed E-state index contributed by atoms with van der Waals surface area (Å²) in [6, 6.07) is -0.541. The molecule has 0 N–H and O–H groups in total. The van der Waals surface area contributed by atoms with Crippen LogP contribution >= 0.6 is 0 Å². The van der Waals surface area contributed by atoms with E-state index in [4.69, 9.17) is 4.74 Å². The molecule has 10 heteroatoms. The summed E-state index contributed by atoms with van der Waals surface area (Å²) in [6.07, 6.45) is 0.515. The first kappa shape index (κ1) is 21.5. The van der Waals surface area contributed by atoms with Crippen LogP contribution in [0.4, 0.5) is 0 Å². The molecule has 160 valence electrons. The van der Waals surface area contributed by atoms with Crippen LogP contribution in [0.3, 0.4) is 0 Å². The summed E-state index contributed by atoms with van der Waals surface area (Å²) in [7, 11) is -1.32. The van der Waals surface area contributed by atoms with Crippen molar-refractivity contribution in [3.8, 4) is 0 Å².